The van der Waals surface area contributed by atoms with E-state index in [-0.39, 0.29) is 31.6 Å². The van der Waals surface area contributed by atoms with Gasteiger partial charge in [-0.05, 0) is 33.2 Å². The molecule has 2 aliphatic heterocycles. The Kier molecular flexibility index (Phi) is 11.8. The molecule has 7 N–H and O–H groups in total. The number of aliphatic hydroxyl groups is 4. The first kappa shape index (κ1) is 32.6. The Morgan fingerprint density at radius 3 is 1.93 bits per heavy atom. The second kappa shape index (κ2) is 14.8. The molecule has 2 aromatic heterocycles. The molecular weight excluding hydrogens is 542 g/mol. The molecular formula is C26H41N5O10. The van der Waals surface area contributed by atoms with Gasteiger partial charge in [-0.15, -0.1) is 0 Å². The number of aliphatic hydroxyl groups excluding tert-OH is 4. The fourth-order valence-electron chi connectivity index (χ4n) is 4.83. The second-order valence-corrected chi connectivity index (χ2v) is 10.4. The van der Waals surface area contributed by atoms with E-state index >= 15 is 0 Å². The van der Waals surface area contributed by atoms with Crippen molar-refractivity contribution in [1.29, 1.82) is 0 Å². The minimum Gasteiger partial charge on any atom is -0.394 e. The van der Waals surface area contributed by atoms with E-state index in [9.17, 15) is 34.5 Å². The van der Waals surface area contributed by atoms with E-state index in [2.05, 4.69) is 4.98 Å². The highest BCUT2D eigenvalue weighted by Gasteiger charge is 2.36. The topological polar surface area (TPSA) is 224 Å². The maximum atomic E-state index is 12.6. The summed E-state index contributed by atoms with van der Waals surface area (Å²) in [6, 6.07) is 0. The van der Waals surface area contributed by atoms with Gasteiger partial charge in [0, 0.05) is 42.9 Å². The lowest BCUT2D eigenvalue weighted by atomic mass is 10.2. The monoisotopic (exact) mass is 583 g/mol. The summed E-state index contributed by atoms with van der Waals surface area (Å²) < 4.78 is 14.6. The van der Waals surface area contributed by atoms with E-state index in [1.165, 1.54) is 26.1 Å². The molecule has 2 aromatic rings. The van der Waals surface area contributed by atoms with Gasteiger partial charge in [-0.25, -0.2) is 9.59 Å². The van der Waals surface area contributed by atoms with Gasteiger partial charge in [-0.2, -0.15) is 0 Å². The molecule has 15 nitrogen and oxygen atoms in total. The maximum absolute atomic E-state index is 12.6. The van der Waals surface area contributed by atoms with Crippen LogP contribution < -0.4 is 28.2 Å². The van der Waals surface area contributed by atoms with Crippen LogP contribution >= 0.6 is 0 Å². The molecule has 0 bridgehead atoms. The molecule has 2 fully saturated rings. The Morgan fingerprint density at radius 2 is 1.39 bits per heavy atom. The zero-order chi connectivity index (χ0) is 30.3. The molecule has 4 rings (SSSR count). The first-order valence-corrected chi connectivity index (χ1v) is 13.8. The Labute approximate surface area is 235 Å². The van der Waals surface area contributed by atoms with Crippen molar-refractivity contribution in [2.45, 2.75) is 95.8 Å². The number of nitrogens with one attached hydrogen (secondary N) is 1. The number of hydrogen-bond acceptors (Lipinski definition) is 11. The summed E-state index contributed by atoms with van der Waals surface area (Å²) >= 11 is 0. The molecule has 0 aromatic carbocycles. The molecule has 0 radical (unpaired) electrons. The standard InChI is InChI=1S/C16H27N3O5.C10H14N2O5/c1-11-9-19(14-8-12(21)13(10-20)24-14)16(23)18(15(11)22)7-5-3-2-4-6-17;1-5-3-12(10(16)11-9(5)15)8-2-6(14)7(4-13)17-8/h9,12-14,20-21H,2-8,10,17H2,1H3;3,6-8,13-14H,2,4H2,1H3,(H,11,15,16)/t12?,13-,14-;6?,7-,8-/m11/s1. The first-order valence-electron chi connectivity index (χ1n) is 13.8. The van der Waals surface area contributed by atoms with Crippen molar-refractivity contribution in [3.05, 3.63) is 65.2 Å². The van der Waals surface area contributed by atoms with Crippen LogP contribution in [-0.4, -0.2) is 83.3 Å². The molecule has 2 aliphatic rings. The number of ether oxygens (including phenoxy) is 2. The molecule has 0 spiro atoms. The zero-order valence-corrected chi connectivity index (χ0v) is 23.3. The van der Waals surface area contributed by atoms with Crippen LogP contribution in [-0.2, 0) is 16.0 Å². The number of H-pyrrole nitrogens is 1. The molecule has 6 atom stereocenters. The van der Waals surface area contributed by atoms with Gasteiger partial charge in [-0.1, -0.05) is 12.8 Å². The van der Waals surface area contributed by atoms with Gasteiger partial charge in [0.05, 0.1) is 25.4 Å². The van der Waals surface area contributed by atoms with Crippen molar-refractivity contribution >= 4 is 0 Å². The highest BCUT2D eigenvalue weighted by molar-refractivity contribution is 5.04. The highest BCUT2D eigenvalue weighted by atomic mass is 16.5. The lowest BCUT2D eigenvalue weighted by Gasteiger charge is -2.17. The molecule has 2 unspecified atom stereocenters. The van der Waals surface area contributed by atoms with Crippen molar-refractivity contribution in [2.75, 3.05) is 19.8 Å². The largest absolute Gasteiger partial charge is 0.394 e. The molecule has 230 valence electrons. The molecule has 0 amide bonds. The fourth-order valence-corrected chi connectivity index (χ4v) is 4.83. The number of nitrogens with zero attached hydrogens (tertiary/aromatic N) is 3. The normalized spacial score (nSPS) is 25.7. The van der Waals surface area contributed by atoms with Gasteiger partial charge in [0.2, 0.25) is 0 Å². The van der Waals surface area contributed by atoms with E-state index in [0.717, 1.165) is 25.7 Å². The third kappa shape index (κ3) is 7.88. The van der Waals surface area contributed by atoms with Gasteiger partial charge in [-0.3, -0.25) is 28.3 Å². The minimum absolute atomic E-state index is 0.205. The summed E-state index contributed by atoms with van der Waals surface area (Å²) in [5.74, 6) is 0. The lowest BCUT2D eigenvalue weighted by molar-refractivity contribution is -0.0464. The summed E-state index contributed by atoms with van der Waals surface area (Å²) in [5.41, 5.74) is 4.51. The number of aryl methyl sites for hydroxylation is 2. The average Bonchev–Trinajstić information content (AvgIpc) is 3.51. The summed E-state index contributed by atoms with van der Waals surface area (Å²) in [6.07, 6.45) is 2.42. The molecule has 15 heteroatoms. The van der Waals surface area contributed by atoms with Crippen LogP contribution in [0.15, 0.2) is 31.6 Å². The van der Waals surface area contributed by atoms with Gasteiger partial charge in [0.1, 0.15) is 24.7 Å². The molecule has 0 saturated carbocycles. The minimum atomic E-state index is -0.830. The number of unbranched alkanes of at least 4 members (excludes halogenated alkanes) is 3. The zero-order valence-electron chi connectivity index (χ0n) is 23.3. The summed E-state index contributed by atoms with van der Waals surface area (Å²) in [5, 5.41) is 37.5. The second-order valence-electron chi connectivity index (χ2n) is 10.4. The molecule has 4 heterocycles. The number of aromatic nitrogens is 4. The molecule has 0 aliphatic carbocycles. The predicted molar refractivity (Wildman–Crippen MR) is 147 cm³/mol. The number of rotatable bonds is 10. The van der Waals surface area contributed by atoms with Crippen LogP contribution in [0.2, 0.25) is 0 Å². The first-order chi connectivity index (χ1) is 19.5. The Hall–Kier alpha value is -2.92. The van der Waals surface area contributed by atoms with Crippen molar-refractivity contribution in [1.82, 2.24) is 18.7 Å². The van der Waals surface area contributed by atoms with E-state index < -0.39 is 53.8 Å². The smallest absolute Gasteiger partial charge is 0.333 e. The van der Waals surface area contributed by atoms with Gasteiger partial charge in [0.25, 0.3) is 11.1 Å². The Bertz CT molecular complexity index is 1380. The Morgan fingerprint density at radius 1 is 0.854 bits per heavy atom. The van der Waals surface area contributed by atoms with Crippen molar-refractivity contribution in [3.63, 3.8) is 0 Å². The van der Waals surface area contributed by atoms with Crippen LogP contribution in [0.3, 0.4) is 0 Å². The van der Waals surface area contributed by atoms with Crippen LogP contribution in [0.4, 0.5) is 0 Å². The predicted octanol–water partition coefficient (Wildman–Crippen LogP) is -2.04. The lowest BCUT2D eigenvalue weighted by Crippen LogP contribution is -2.42. The summed E-state index contributed by atoms with van der Waals surface area (Å²) in [6.45, 7) is 3.59. The molecule has 41 heavy (non-hydrogen) atoms. The van der Waals surface area contributed by atoms with Gasteiger partial charge in [0.15, 0.2) is 0 Å². The van der Waals surface area contributed by atoms with Gasteiger partial charge < -0.3 is 35.6 Å². The van der Waals surface area contributed by atoms with Crippen molar-refractivity contribution < 1.29 is 29.9 Å². The average molecular weight is 584 g/mol. The Balaban J connectivity index is 0.000000239. The third-order valence-corrected chi connectivity index (χ3v) is 7.24. The van der Waals surface area contributed by atoms with E-state index in [1.807, 2.05) is 0 Å². The summed E-state index contributed by atoms with van der Waals surface area (Å²) in [7, 11) is 0. The van der Waals surface area contributed by atoms with Crippen LogP contribution in [0.25, 0.3) is 0 Å². The SMILES string of the molecule is Cc1cn([C@H]2CC(O)[C@@H](CO)O2)c(=O)[nH]c1=O.Cc1cn([C@H]2CC(O)[C@@H](CO)O2)c(=O)n(CCCCCCN)c1=O. The number of nitrogens with two attached hydrogens (primary N) is 1. The summed E-state index contributed by atoms with van der Waals surface area (Å²) in [4.78, 5) is 49.8. The molecule has 2 saturated heterocycles. The third-order valence-electron chi connectivity index (χ3n) is 7.24. The van der Waals surface area contributed by atoms with Crippen LogP contribution in [0.1, 0.15) is 62.1 Å². The quantitative estimate of drug-likeness (QED) is 0.167. The van der Waals surface area contributed by atoms with Crippen molar-refractivity contribution in [2.24, 2.45) is 5.73 Å². The van der Waals surface area contributed by atoms with Gasteiger partial charge >= 0.3 is 11.4 Å². The van der Waals surface area contributed by atoms with Crippen LogP contribution in [0, 0.1) is 13.8 Å². The fraction of sp³-hybridized carbons (Fsp3) is 0.692. The van der Waals surface area contributed by atoms with E-state index in [1.54, 1.807) is 13.8 Å². The highest BCUT2D eigenvalue weighted by Crippen LogP contribution is 2.28. The number of hydrogen-bond donors (Lipinski definition) is 6. The van der Waals surface area contributed by atoms with Crippen molar-refractivity contribution in [3.8, 4) is 0 Å². The van der Waals surface area contributed by atoms with E-state index in [4.69, 9.17) is 20.3 Å². The maximum Gasteiger partial charge on any atom is 0.333 e. The van der Waals surface area contributed by atoms with Crippen LogP contribution in [0.5, 0.6) is 0 Å². The van der Waals surface area contributed by atoms with E-state index in [0.29, 0.717) is 24.2 Å². The number of aromatic amines is 1.